The van der Waals surface area contributed by atoms with Crippen LogP contribution >= 0.6 is 0 Å². The number of nitrogens with one attached hydrogen (secondary N) is 1. The Hall–Kier alpha value is -1.41. The number of amides is 1. The molecule has 1 N–H and O–H groups in total. The normalized spacial score (nSPS) is 23.0. The third-order valence-electron chi connectivity index (χ3n) is 4.15. The van der Waals surface area contributed by atoms with Crippen LogP contribution in [0.3, 0.4) is 0 Å². The molecule has 116 valence electrons. The van der Waals surface area contributed by atoms with E-state index in [0.717, 1.165) is 44.3 Å². The molecule has 0 spiro atoms. The number of aromatic nitrogens is 2. The van der Waals surface area contributed by atoms with Crippen LogP contribution < -0.4 is 5.32 Å². The summed E-state index contributed by atoms with van der Waals surface area (Å²) in [4.78, 5) is 16.7. The maximum atomic E-state index is 12.4. The SMILES string of the molecule is CS(=O)(=O)N1CCC[C@@H]1C(=O)Nc1cnc2n1CCCC2. The smallest absolute Gasteiger partial charge is 0.243 e. The molecule has 7 nitrogen and oxygen atoms in total. The van der Waals surface area contributed by atoms with Crippen LogP contribution in [-0.2, 0) is 27.8 Å². The van der Waals surface area contributed by atoms with Crippen LogP contribution in [0.25, 0.3) is 0 Å². The van der Waals surface area contributed by atoms with Crippen LogP contribution in [0.1, 0.15) is 31.5 Å². The summed E-state index contributed by atoms with van der Waals surface area (Å²) < 4.78 is 26.7. The van der Waals surface area contributed by atoms with Gasteiger partial charge in [0.15, 0.2) is 0 Å². The summed E-state index contributed by atoms with van der Waals surface area (Å²) in [6.07, 6.45) is 7.22. The Bertz CT molecular complexity index is 652. The predicted molar refractivity (Wildman–Crippen MR) is 78.4 cm³/mol. The molecule has 1 fully saturated rings. The van der Waals surface area contributed by atoms with Gasteiger partial charge in [0.25, 0.3) is 0 Å². The van der Waals surface area contributed by atoms with Gasteiger partial charge >= 0.3 is 0 Å². The monoisotopic (exact) mass is 312 g/mol. The van der Waals surface area contributed by atoms with Gasteiger partial charge in [0.2, 0.25) is 15.9 Å². The molecule has 1 amide bonds. The lowest BCUT2D eigenvalue weighted by Gasteiger charge is -2.22. The molecule has 0 aromatic carbocycles. The number of fused-ring (bicyclic) bond motifs is 1. The van der Waals surface area contributed by atoms with Gasteiger partial charge in [-0.05, 0) is 25.7 Å². The minimum absolute atomic E-state index is 0.258. The maximum absolute atomic E-state index is 12.4. The summed E-state index contributed by atoms with van der Waals surface area (Å²) in [6.45, 7) is 1.27. The largest absolute Gasteiger partial charge is 0.315 e. The minimum Gasteiger partial charge on any atom is -0.315 e. The number of aryl methyl sites for hydroxylation is 1. The summed E-state index contributed by atoms with van der Waals surface area (Å²) in [5.74, 6) is 1.41. The van der Waals surface area contributed by atoms with Crippen LogP contribution in [0.4, 0.5) is 5.82 Å². The van der Waals surface area contributed by atoms with Crippen molar-refractivity contribution < 1.29 is 13.2 Å². The number of anilines is 1. The Morgan fingerprint density at radius 3 is 2.90 bits per heavy atom. The van der Waals surface area contributed by atoms with Gasteiger partial charge in [-0.25, -0.2) is 13.4 Å². The lowest BCUT2D eigenvalue weighted by Crippen LogP contribution is -2.42. The van der Waals surface area contributed by atoms with Crippen molar-refractivity contribution in [3.8, 4) is 0 Å². The van der Waals surface area contributed by atoms with E-state index in [-0.39, 0.29) is 5.91 Å². The maximum Gasteiger partial charge on any atom is 0.243 e. The van der Waals surface area contributed by atoms with E-state index in [2.05, 4.69) is 10.3 Å². The summed E-state index contributed by atoms with van der Waals surface area (Å²) >= 11 is 0. The van der Waals surface area contributed by atoms with E-state index >= 15 is 0 Å². The van der Waals surface area contributed by atoms with Gasteiger partial charge < -0.3 is 9.88 Å². The molecule has 1 aromatic rings. The van der Waals surface area contributed by atoms with Gasteiger partial charge in [-0.1, -0.05) is 0 Å². The summed E-state index contributed by atoms with van der Waals surface area (Å²) in [6, 6.07) is -0.602. The molecule has 1 aromatic heterocycles. The van der Waals surface area contributed by atoms with Crippen LogP contribution in [0.15, 0.2) is 6.20 Å². The van der Waals surface area contributed by atoms with Crippen LogP contribution in [0.2, 0.25) is 0 Å². The van der Waals surface area contributed by atoms with Crippen molar-refractivity contribution in [2.24, 2.45) is 0 Å². The average Bonchev–Trinajstić information content (AvgIpc) is 3.05. The zero-order valence-corrected chi connectivity index (χ0v) is 12.9. The second-order valence-corrected chi connectivity index (χ2v) is 7.62. The number of sulfonamides is 1. The van der Waals surface area contributed by atoms with E-state index in [1.807, 2.05) is 4.57 Å². The highest BCUT2D eigenvalue weighted by atomic mass is 32.2. The fraction of sp³-hybridized carbons (Fsp3) is 0.692. The second-order valence-electron chi connectivity index (χ2n) is 5.69. The van der Waals surface area contributed by atoms with E-state index in [9.17, 15) is 13.2 Å². The van der Waals surface area contributed by atoms with Gasteiger partial charge in [-0.15, -0.1) is 0 Å². The number of rotatable bonds is 3. The number of carbonyl (C=O) groups is 1. The van der Waals surface area contributed by atoms with E-state index in [1.165, 1.54) is 4.31 Å². The molecule has 2 aliphatic rings. The molecule has 0 unspecified atom stereocenters. The Morgan fingerprint density at radius 2 is 2.14 bits per heavy atom. The van der Waals surface area contributed by atoms with Gasteiger partial charge in [0.1, 0.15) is 17.7 Å². The van der Waals surface area contributed by atoms with Crippen LogP contribution in [0.5, 0.6) is 0 Å². The van der Waals surface area contributed by atoms with Crippen molar-refractivity contribution in [1.82, 2.24) is 13.9 Å². The van der Waals surface area contributed by atoms with Gasteiger partial charge in [0, 0.05) is 19.5 Å². The lowest BCUT2D eigenvalue weighted by molar-refractivity contribution is -0.119. The Kier molecular flexibility index (Phi) is 3.75. The standard InChI is InChI=1S/C13H20N4O3S/c1-21(19,20)17-8-4-5-10(17)13(18)15-12-9-14-11-6-2-3-7-16(11)12/h9-10H,2-8H2,1H3,(H,15,18)/t10-/m1/s1. The molecule has 8 heteroatoms. The fourth-order valence-corrected chi connectivity index (χ4v) is 4.25. The molecule has 0 radical (unpaired) electrons. The zero-order valence-electron chi connectivity index (χ0n) is 12.1. The molecule has 1 saturated heterocycles. The van der Waals surface area contributed by atoms with Crippen molar-refractivity contribution in [3.63, 3.8) is 0 Å². The molecule has 1 atom stereocenters. The molecule has 0 saturated carbocycles. The molecule has 3 heterocycles. The Labute approximate surface area is 124 Å². The molecular formula is C13H20N4O3S. The first-order valence-corrected chi connectivity index (χ1v) is 9.14. The van der Waals surface area contributed by atoms with Crippen molar-refractivity contribution in [1.29, 1.82) is 0 Å². The zero-order chi connectivity index (χ0) is 15.0. The topological polar surface area (TPSA) is 84.3 Å². The quantitative estimate of drug-likeness (QED) is 0.885. The first-order valence-electron chi connectivity index (χ1n) is 7.29. The highest BCUT2D eigenvalue weighted by Gasteiger charge is 2.36. The molecule has 2 aliphatic heterocycles. The van der Waals surface area contributed by atoms with Crippen molar-refractivity contribution in [2.45, 2.75) is 44.7 Å². The van der Waals surface area contributed by atoms with Gasteiger partial charge in [-0.3, -0.25) is 4.79 Å². The fourth-order valence-electron chi connectivity index (χ4n) is 3.12. The number of imidazole rings is 1. The number of nitrogens with zero attached hydrogens (tertiary/aromatic N) is 3. The second kappa shape index (κ2) is 5.42. The number of hydrogen-bond donors (Lipinski definition) is 1. The third-order valence-corrected chi connectivity index (χ3v) is 5.44. The van der Waals surface area contributed by atoms with Crippen LogP contribution in [-0.4, -0.2) is 47.0 Å². The van der Waals surface area contributed by atoms with Crippen molar-refractivity contribution in [2.75, 3.05) is 18.1 Å². The van der Waals surface area contributed by atoms with Crippen molar-refractivity contribution >= 4 is 21.7 Å². The first kappa shape index (κ1) is 14.5. The highest BCUT2D eigenvalue weighted by Crippen LogP contribution is 2.23. The molecular weight excluding hydrogens is 292 g/mol. The highest BCUT2D eigenvalue weighted by molar-refractivity contribution is 7.88. The average molecular weight is 312 g/mol. The molecule has 0 aliphatic carbocycles. The van der Waals surface area contributed by atoms with Gasteiger partial charge in [-0.2, -0.15) is 4.31 Å². The van der Waals surface area contributed by atoms with Gasteiger partial charge in [0.05, 0.1) is 12.5 Å². The van der Waals surface area contributed by atoms with E-state index < -0.39 is 16.1 Å². The van der Waals surface area contributed by atoms with E-state index in [0.29, 0.717) is 18.8 Å². The number of hydrogen-bond acceptors (Lipinski definition) is 4. The van der Waals surface area contributed by atoms with Crippen LogP contribution in [0, 0.1) is 0 Å². The summed E-state index contributed by atoms with van der Waals surface area (Å²) in [5.41, 5.74) is 0. The molecule has 21 heavy (non-hydrogen) atoms. The van der Waals surface area contributed by atoms with Crippen molar-refractivity contribution in [3.05, 3.63) is 12.0 Å². The Balaban J connectivity index is 1.76. The minimum atomic E-state index is -3.34. The first-order chi connectivity index (χ1) is 9.97. The van der Waals surface area contributed by atoms with E-state index in [1.54, 1.807) is 6.20 Å². The predicted octanol–water partition coefficient (Wildman–Crippen LogP) is 0.582. The third kappa shape index (κ3) is 2.82. The lowest BCUT2D eigenvalue weighted by atomic mass is 10.2. The Morgan fingerprint density at radius 1 is 1.33 bits per heavy atom. The summed E-state index contributed by atoms with van der Waals surface area (Å²) in [7, 11) is -3.34. The summed E-state index contributed by atoms with van der Waals surface area (Å²) in [5, 5.41) is 2.85. The molecule has 3 rings (SSSR count). The number of carbonyl (C=O) groups excluding carboxylic acids is 1. The molecule has 0 bridgehead atoms. The van der Waals surface area contributed by atoms with E-state index in [4.69, 9.17) is 0 Å².